The molecule has 2 aromatic rings. The van der Waals surface area contributed by atoms with Crippen LogP contribution in [0.1, 0.15) is 47.9 Å². The van der Waals surface area contributed by atoms with Crippen LogP contribution < -0.4 is 14.3 Å². The Bertz CT molecular complexity index is 879. The van der Waals surface area contributed by atoms with Gasteiger partial charge in [0, 0.05) is 29.5 Å². The number of hydrogen-bond donors (Lipinski definition) is 2. The molecule has 30 heavy (non-hydrogen) atoms. The Morgan fingerprint density at radius 3 is 2.90 bits per heavy atom. The molecule has 1 unspecified atom stereocenters. The third kappa shape index (κ3) is 4.78. The van der Waals surface area contributed by atoms with E-state index in [0.717, 1.165) is 56.6 Å². The van der Waals surface area contributed by atoms with Gasteiger partial charge in [0.2, 0.25) is 0 Å². The number of nitrogens with zero attached hydrogens (tertiary/aromatic N) is 4. The second kappa shape index (κ2) is 9.62. The van der Waals surface area contributed by atoms with Gasteiger partial charge in [0.1, 0.15) is 0 Å². The topological polar surface area (TPSA) is 65.4 Å². The minimum Gasteiger partial charge on any atom is -0.306 e. The summed E-state index contributed by atoms with van der Waals surface area (Å²) in [5.74, 6) is 0. The molecule has 9 heteroatoms. The van der Waals surface area contributed by atoms with Crippen LogP contribution in [0.2, 0.25) is 0 Å². The number of rotatable bonds is 6. The lowest BCUT2D eigenvalue weighted by Crippen LogP contribution is -2.45. The number of amides is 2. The van der Waals surface area contributed by atoms with Gasteiger partial charge in [-0.1, -0.05) is 6.92 Å². The summed E-state index contributed by atoms with van der Waals surface area (Å²) in [6.07, 6.45) is 11.8. The highest BCUT2D eigenvalue weighted by atomic mass is 32.2. The number of likely N-dealkylation sites (N-methyl/N-ethyl adjacent to an activating group) is 1. The standard InChI is InChI=1S/C21H32N6OS2/c1-4-18-20(17-9-5-6-10-19(17)29-18)23-21(28)24-30-27(16-12-22-26(3)14-16)15-8-7-11-25(2)13-15/h12,14-15H,4-11,13H2,1-3H3,(H2,23,24,28). The van der Waals surface area contributed by atoms with E-state index in [-0.39, 0.29) is 6.03 Å². The first kappa shape index (κ1) is 21.5. The Hall–Kier alpha value is -1.71. The highest BCUT2D eigenvalue weighted by Crippen LogP contribution is 2.38. The number of carbonyl (C=O) groups is 1. The maximum Gasteiger partial charge on any atom is 0.330 e. The Morgan fingerprint density at radius 2 is 2.17 bits per heavy atom. The monoisotopic (exact) mass is 448 g/mol. The normalized spacial score (nSPS) is 19.4. The van der Waals surface area contributed by atoms with Crippen molar-refractivity contribution < 1.29 is 4.79 Å². The summed E-state index contributed by atoms with van der Waals surface area (Å²) in [5, 5.41) is 7.51. The Morgan fingerprint density at radius 1 is 1.33 bits per heavy atom. The van der Waals surface area contributed by atoms with Gasteiger partial charge in [-0.3, -0.25) is 13.7 Å². The van der Waals surface area contributed by atoms with Crippen LogP contribution in [0.25, 0.3) is 0 Å². The zero-order chi connectivity index (χ0) is 21.1. The fraction of sp³-hybridized carbons (Fsp3) is 0.619. The van der Waals surface area contributed by atoms with Crippen LogP contribution in [-0.2, 0) is 26.3 Å². The summed E-state index contributed by atoms with van der Waals surface area (Å²) in [5.41, 5.74) is 3.44. The summed E-state index contributed by atoms with van der Waals surface area (Å²) >= 11 is 3.25. The number of piperidine rings is 1. The van der Waals surface area contributed by atoms with Crippen LogP contribution in [0, 0.1) is 0 Å². The fourth-order valence-electron chi connectivity index (χ4n) is 4.44. The lowest BCUT2D eigenvalue weighted by Gasteiger charge is -2.37. The number of fused-ring (bicyclic) bond motifs is 1. The molecule has 0 radical (unpaired) electrons. The Labute approximate surface area is 187 Å². The summed E-state index contributed by atoms with van der Waals surface area (Å²) in [7, 11) is 4.08. The molecular weight excluding hydrogens is 416 g/mol. The lowest BCUT2D eigenvalue weighted by atomic mass is 9.97. The van der Waals surface area contributed by atoms with Gasteiger partial charge in [-0.15, -0.1) is 11.3 Å². The van der Waals surface area contributed by atoms with Crippen molar-refractivity contribution in [2.24, 2.45) is 7.05 Å². The van der Waals surface area contributed by atoms with Crippen LogP contribution >= 0.6 is 23.5 Å². The van der Waals surface area contributed by atoms with Gasteiger partial charge in [0.25, 0.3) is 0 Å². The van der Waals surface area contributed by atoms with Crippen molar-refractivity contribution in [3.8, 4) is 0 Å². The second-order valence-corrected chi connectivity index (χ2v) is 10.2. The minimum absolute atomic E-state index is 0.154. The minimum atomic E-state index is -0.154. The highest BCUT2D eigenvalue weighted by Gasteiger charge is 2.27. The predicted molar refractivity (Wildman–Crippen MR) is 126 cm³/mol. The van der Waals surface area contributed by atoms with Gasteiger partial charge in [-0.05, 0) is 64.1 Å². The fourth-order valence-corrected chi connectivity index (χ4v) is 6.48. The molecule has 1 saturated heterocycles. The number of hydrogen-bond acceptors (Lipinski definition) is 6. The van der Waals surface area contributed by atoms with E-state index < -0.39 is 0 Å². The molecule has 1 aliphatic heterocycles. The second-order valence-electron chi connectivity index (χ2n) is 8.27. The molecule has 0 bridgehead atoms. The molecule has 0 saturated carbocycles. The van der Waals surface area contributed by atoms with Crippen LogP contribution in [0.5, 0.6) is 0 Å². The summed E-state index contributed by atoms with van der Waals surface area (Å²) in [4.78, 5) is 18.0. The molecule has 1 atom stereocenters. The van der Waals surface area contributed by atoms with E-state index in [1.165, 1.54) is 40.3 Å². The third-order valence-corrected chi connectivity index (χ3v) is 8.34. The van der Waals surface area contributed by atoms with E-state index in [1.54, 1.807) is 4.68 Å². The zero-order valence-electron chi connectivity index (χ0n) is 18.1. The van der Waals surface area contributed by atoms with Crippen molar-refractivity contribution in [1.29, 1.82) is 0 Å². The molecule has 1 aliphatic carbocycles. The molecule has 3 heterocycles. The van der Waals surface area contributed by atoms with E-state index in [9.17, 15) is 4.79 Å². The van der Waals surface area contributed by atoms with Crippen molar-refractivity contribution >= 4 is 40.9 Å². The molecule has 2 aromatic heterocycles. The van der Waals surface area contributed by atoms with E-state index in [1.807, 2.05) is 30.8 Å². The number of likely N-dealkylation sites (tertiary alicyclic amines) is 1. The van der Waals surface area contributed by atoms with Gasteiger partial charge in [-0.2, -0.15) is 5.10 Å². The first-order valence-corrected chi connectivity index (χ1v) is 12.5. The van der Waals surface area contributed by atoms with E-state index >= 15 is 0 Å². The van der Waals surface area contributed by atoms with Gasteiger partial charge in [-0.25, -0.2) is 4.79 Å². The highest BCUT2D eigenvalue weighted by molar-refractivity contribution is 7.99. The van der Waals surface area contributed by atoms with Crippen molar-refractivity contribution in [3.05, 3.63) is 27.7 Å². The molecule has 0 spiro atoms. The van der Waals surface area contributed by atoms with E-state index in [2.05, 4.69) is 38.3 Å². The van der Waals surface area contributed by atoms with Crippen molar-refractivity contribution in [1.82, 2.24) is 19.4 Å². The van der Waals surface area contributed by atoms with Crippen LogP contribution in [0.15, 0.2) is 12.4 Å². The molecule has 2 N–H and O–H groups in total. The maximum absolute atomic E-state index is 12.9. The van der Waals surface area contributed by atoms with E-state index in [0.29, 0.717) is 6.04 Å². The smallest absolute Gasteiger partial charge is 0.306 e. The molecule has 7 nitrogen and oxygen atoms in total. The predicted octanol–water partition coefficient (Wildman–Crippen LogP) is 4.21. The van der Waals surface area contributed by atoms with Crippen LogP contribution in [-0.4, -0.2) is 46.9 Å². The van der Waals surface area contributed by atoms with Crippen molar-refractivity contribution in [3.63, 3.8) is 0 Å². The lowest BCUT2D eigenvalue weighted by molar-refractivity contribution is 0.253. The van der Waals surface area contributed by atoms with Crippen molar-refractivity contribution in [2.45, 2.75) is 57.9 Å². The third-order valence-electron chi connectivity index (χ3n) is 5.92. The Balaban J connectivity index is 1.45. The van der Waals surface area contributed by atoms with E-state index in [4.69, 9.17) is 0 Å². The van der Waals surface area contributed by atoms with Gasteiger partial charge >= 0.3 is 6.03 Å². The van der Waals surface area contributed by atoms with Crippen LogP contribution in [0.3, 0.4) is 0 Å². The van der Waals surface area contributed by atoms with Gasteiger partial charge < -0.3 is 10.2 Å². The number of anilines is 2. The first-order valence-electron chi connectivity index (χ1n) is 10.9. The van der Waals surface area contributed by atoms with Crippen molar-refractivity contribution in [2.75, 3.05) is 29.8 Å². The molecule has 4 rings (SSSR count). The summed E-state index contributed by atoms with van der Waals surface area (Å²) in [6, 6.07) is 0.178. The molecule has 2 aliphatic rings. The molecule has 1 fully saturated rings. The average molecular weight is 449 g/mol. The van der Waals surface area contributed by atoms with Gasteiger partial charge in [0.15, 0.2) is 0 Å². The molecule has 0 aromatic carbocycles. The van der Waals surface area contributed by atoms with Gasteiger partial charge in [0.05, 0.1) is 35.7 Å². The quantitative estimate of drug-likeness (QED) is 0.648. The maximum atomic E-state index is 12.9. The SMILES string of the molecule is CCc1sc2c(c1NC(=O)NSN(c1cnn(C)c1)C1CCCN(C)C1)CCCC2. The number of nitrogens with one attached hydrogen (secondary N) is 2. The summed E-state index contributed by atoms with van der Waals surface area (Å²) in [6.45, 7) is 4.26. The molecule has 164 valence electrons. The number of carbonyl (C=O) groups excluding carboxylic acids is 1. The zero-order valence-corrected chi connectivity index (χ0v) is 19.7. The summed E-state index contributed by atoms with van der Waals surface area (Å²) < 4.78 is 7.05. The van der Waals surface area contributed by atoms with Crippen LogP contribution in [0.4, 0.5) is 16.2 Å². The molecule has 2 amide bonds. The largest absolute Gasteiger partial charge is 0.330 e. The number of urea groups is 1. The number of aromatic nitrogens is 2. The number of thiophene rings is 1. The molecular formula is C21H32N6OS2. The number of aryl methyl sites for hydroxylation is 3. The Kier molecular flexibility index (Phi) is 6.90. The first-order chi connectivity index (χ1) is 14.5. The average Bonchev–Trinajstić information content (AvgIpc) is 3.32.